The van der Waals surface area contributed by atoms with Crippen LogP contribution in [0.5, 0.6) is 0 Å². The minimum atomic E-state index is -0.532. The van der Waals surface area contributed by atoms with Gasteiger partial charge in [-0.1, -0.05) is 35.3 Å². The van der Waals surface area contributed by atoms with Gasteiger partial charge in [0.1, 0.15) is 4.83 Å². The lowest BCUT2D eigenvalue weighted by Gasteiger charge is -2.13. The first-order chi connectivity index (χ1) is 14.7. The number of hydrogen-bond acceptors (Lipinski definition) is 5. The van der Waals surface area contributed by atoms with E-state index in [1.165, 1.54) is 40.2 Å². The summed E-state index contributed by atoms with van der Waals surface area (Å²) < 4.78 is 2.58. The Bertz CT molecular complexity index is 1470. The second kappa shape index (κ2) is 7.96. The molecule has 0 unspecified atom stereocenters. The minimum Gasteiger partial charge on any atom is -0.280 e. The summed E-state index contributed by atoms with van der Waals surface area (Å²) in [6.07, 6.45) is 0. The predicted octanol–water partition coefficient (Wildman–Crippen LogP) is 5.09. The molecule has 0 fully saturated rings. The lowest BCUT2D eigenvalue weighted by atomic mass is 10.2. The number of hydrogen-bond donors (Lipinski definition) is 0. The van der Waals surface area contributed by atoms with Gasteiger partial charge in [0, 0.05) is 17.0 Å². The monoisotopic (exact) mass is 475 g/mol. The van der Waals surface area contributed by atoms with E-state index in [4.69, 9.17) is 23.2 Å². The molecule has 0 aliphatic carbocycles. The summed E-state index contributed by atoms with van der Waals surface area (Å²) in [7, 11) is 0. The van der Waals surface area contributed by atoms with E-state index < -0.39 is 16.2 Å². The molecule has 4 aromatic rings. The van der Waals surface area contributed by atoms with E-state index in [9.17, 15) is 19.7 Å². The van der Waals surface area contributed by atoms with E-state index in [0.29, 0.717) is 26.5 Å². The van der Waals surface area contributed by atoms with Crippen LogP contribution in [0.25, 0.3) is 15.9 Å². The summed E-state index contributed by atoms with van der Waals surface area (Å²) in [4.78, 5) is 38.7. The third-order valence-electron chi connectivity index (χ3n) is 5.10. The van der Waals surface area contributed by atoms with Gasteiger partial charge < -0.3 is 0 Å². The molecule has 10 heteroatoms. The van der Waals surface area contributed by atoms with Gasteiger partial charge in [-0.25, -0.2) is 9.36 Å². The molecule has 0 radical (unpaired) electrons. The summed E-state index contributed by atoms with van der Waals surface area (Å²) >= 11 is 13.5. The largest absolute Gasteiger partial charge is 0.337 e. The lowest BCUT2D eigenvalue weighted by molar-refractivity contribution is -0.384. The first-order valence-electron chi connectivity index (χ1n) is 9.13. The van der Waals surface area contributed by atoms with Crippen LogP contribution in [0.15, 0.2) is 52.1 Å². The first kappa shape index (κ1) is 21.3. The second-order valence-corrected chi connectivity index (χ2v) is 9.01. The highest BCUT2D eigenvalue weighted by Gasteiger charge is 2.20. The van der Waals surface area contributed by atoms with Crippen molar-refractivity contribution in [3.05, 3.63) is 99.5 Å². The maximum absolute atomic E-state index is 13.4. The molecule has 2 aromatic heterocycles. The number of aryl methyl sites for hydroxylation is 2. The maximum Gasteiger partial charge on any atom is 0.337 e. The van der Waals surface area contributed by atoms with Gasteiger partial charge in [-0.3, -0.25) is 19.5 Å². The number of rotatable bonds is 4. The molecule has 2 heterocycles. The van der Waals surface area contributed by atoms with Crippen molar-refractivity contribution in [1.82, 2.24) is 9.13 Å². The number of thiophene rings is 1. The van der Waals surface area contributed by atoms with Crippen molar-refractivity contribution in [2.24, 2.45) is 0 Å². The Morgan fingerprint density at radius 3 is 2.32 bits per heavy atom. The van der Waals surface area contributed by atoms with E-state index in [0.717, 1.165) is 15.0 Å². The molecule has 0 aliphatic heterocycles. The number of nitro groups is 1. The van der Waals surface area contributed by atoms with E-state index in [1.54, 1.807) is 18.2 Å². The molecule has 158 valence electrons. The summed E-state index contributed by atoms with van der Waals surface area (Å²) in [6.45, 7) is 3.88. The van der Waals surface area contributed by atoms with Gasteiger partial charge in [-0.05, 0) is 43.2 Å². The average molecular weight is 476 g/mol. The summed E-state index contributed by atoms with van der Waals surface area (Å²) in [5.74, 6) is 0. The molecule has 0 aliphatic rings. The minimum absolute atomic E-state index is 0.0372. The third-order valence-corrected chi connectivity index (χ3v) is 7.07. The van der Waals surface area contributed by atoms with Gasteiger partial charge >= 0.3 is 5.69 Å². The molecular formula is C21H15Cl2N3O4S. The van der Waals surface area contributed by atoms with Gasteiger partial charge in [0.25, 0.3) is 11.2 Å². The molecule has 0 saturated heterocycles. The molecule has 0 atom stereocenters. The van der Waals surface area contributed by atoms with Gasteiger partial charge in [-0.15, -0.1) is 11.3 Å². The molecular weight excluding hydrogens is 461 g/mol. The Morgan fingerprint density at radius 1 is 1.03 bits per heavy atom. The summed E-state index contributed by atoms with van der Waals surface area (Å²) in [6, 6.07) is 10.5. The predicted molar refractivity (Wildman–Crippen MR) is 123 cm³/mol. The van der Waals surface area contributed by atoms with Crippen LogP contribution in [0.1, 0.15) is 16.0 Å². The van der Waals surface area contributed by atoms with Gasteiger partial charge in [0.2, 0.25) is 0 Å². The van der Waals surface area contributed by atoms with Crippen LogP contribution < -0.4 is 11.2 Å². The maximum atomic E-state index is 13.4. The van der Waals surface area contributed by atoms with Crippen LogP contribution >= 0.6 is 34.5 Å². The van der Waals surface area contributed by atoms with Gasteiger partial charge in [-0.2, -0.15) is 0 Å². The van der Waals surface area contributed by atoms with Gasteiger partial charge in [0.15, 0.2) is 0 Å². The van der Waals surface area contributed by atoms with Crippen molar-refractivity contribution < 1.29 is 4.92 Å². The molecule has 7 nitrogen and oxygen atoms in total. The summed E-state index contributed by atoms with van der Waals surface area (Å²) in [5, 5.41) is 11.9. The Morgan fingerprint density at radius 2 is 1.71 bits per heavy atom. The summed E-state index contributed by atoms with van der Waals surface area (Å²) in [5.41, 5.74) is 0.806. The molecule has 0 saturated carbocycles. The number of fused-ring (bicyclic) bond motifs is 1. The van der Waals surface area contributed by atoms with Crippen molar-refractivity contribution in [2.45, 2.75) is 20.4 Å². The highest BCUT2D eigenvalue weighted by Crippen LogP contribution is 2.29. The Balaban J connectivity index is 1.99. The first-order valence-corrected chi connectivity index (χ1v) is 10.7. The molecule has 0 bridgehead atoms. The highest BCUT2D eigenvalue weighted by atomic mass is 35.5. The fourth-order valence-electron chi connectivity index (χ4n) is 3.35. The number of non-ortho nitro benzene ring substituents is 1. The Hall–Kier alpha value is -2.94. The number of benzene rings is 2. The normalized spacial score (nSPS) is 11.2. The highest BCUT2D eigenvalue weighted by molar-refractivity contribution is 7.18. The lowest BCUT2D eigenvalue weighted by Crippen LogP contribution is -2.38. The molecule has 0 amide bonds. The topological polar surface area (TPSA) is 87.1 Å². The molecule has 31 heavy (non-hydrogen) atoms. The van der Waals surface area contributed by atoms with Crippen LogP contribution in [0.2, 0.25) is 10.0 Å². The standard InChI is InChI=1S/C21H15Cl2N3O4S/c1-11-12(2)31-20-18(11)19(27)25(15-7-8-16(22)17(23)9-15)21(28)24(20)10-13-3-5-14(6-4-13)26(29)30/h3-9H,10H2,1-2H3. The number of aromatic nitrogens is 2. The second-order valence-electron chi connectivity index (χ2n) is 6.99. The van der Waals surface area contributed by atoms with Crippen LogP contribution in [-0.2, 0) is 6.54 Å². The van der Waals surface area contributed by atoms with Crippen molar-refractivity contribution in [1.29, 1.82) is 0 Å². The number of nitrogens with zero attached hydrogens (tertiary/aromatic N) is 3. The number of nitro benzene ring substituents is 1. The molecule has 0 spiro atoms. The molecule has 0 N–H and O–H groups in total. The van der Waals surface area contributed by atoms with Crippen LogP contribution in [0, 0.1) is 24.0 Å². The fraction of sp³-hybridized carbons (Fsp3) is 0.143. The van der Waals surface area contributed by atoms with Crippen LogP contribution in [0.3, 0.4) is 0 Å². The molecule has 4 rings (SSSR count). The van der Waals surface area contributed by atoms with Crippen molar-refractivity contribution in [3.8, 4) is 5.69 Å². The Kier molecular flexibility index (Phi) is 5.47. The molecule has 2 aromatic carbocycles. The van der Waals surface area contributed by atoms with Crippen molar-refractivity contribution >= 4 is 50.4 Å². The zero-order chi connectivity index (χ0) is 22.4. The Labute approximate surface area is 189 Å². The van der Waals surface area contributed by atoms with E-state index in [2.05, 4.69) is 0 Å². The fourth-order valence-corrected chi connectivity index (χ4v) is 4.79. The smallest absolute Gasteiger partial charge is 0.280 e. The quantitative estimate of drug-likeness (QED) is 0.303. The van der Waals surface area contributed by atoms with Crippen LogP contribution in [0.4, 0.5) is 5.69 Å². The van der Waals surface area contributed by atoms with Crippen molar-refractivity contribution in [2.75, 3.05) is 0 Å². The SMILES string of the molecule is Cc1sc2c(c1C)c(=O)n(-c1ccc(Cl)c(Cl)c1)c(=O)n2Cc1ccc([N+](=O)[O-])cc1. The zero-order valence-corrected chi connectivity index (χ0v) is 18.7. The number of halogens is 2. The average Bonchev–Trinajstić information content (AvgIpc) is 3.03. The van der Waals surface area contributed by atoms with E-state index in [1.807, 2.05) is 13.8 Å². The van der Waals surface area contributed by atoms with E-state index in [-0.39, 0.29) is 17.3 Å². The van der Waals surface area contributed by atoms with Crippen LogP contribution in [-0.4, -0.2) is 14.1 Å². The zero-order valence-electron chi connectivity index (χ0n) is 16.4. The van der Waals surface area contributed by atoms with E-state index >= 15 is 0 Å². The van der Waals surface area contributed by atoms with Gasteiger partial charge in [0.05, 0.1) is 32.6 Å². The third kappa shape index (κ3) is 3.67. The van der Waals surface area contributed by atoms with Crippen molar-refractivity contribution in [3.63, 3.8) is 0 Å².